The van der Waals surface area contributed by atoms with Gasteiger partial charge in [-0.15, -0.1) is 0 Å². The van der Waals surface area contributed by atoms with Crippen LogP contribution in [0.4, 0.5) is 5.69 Å². The van der Waals surface area contributed by atoms with E-state index in [1.54, 1.807) is 0 Å². The molecule has 0 atom stereocenters. The Bertz CT molecular complexity index is 513. The van der Waals surface area contributed by atoms with Gasteiger partial charge in [-0.2, -0.15) is 0 Å². The van der Waals surface area contributed by atoms with Crippen LogP contribution < -0.4 is 16.0 Å². The van der Waals surface area contributed by atoms with Gasteiger partial charge in [-0.25, -0.2) is 0 Å². The molecule has 6 heteroatoms. The number of benzene rings is 1. The van der Waals surface area contributed by atoms with Crippen LogP contribution in [0, 0.1) is 5.41 Å². The number of hydrogen-bond donors (Lipinski definition) is 2. The van der Waals surface area contributed by atoms with Crippen LogP contribution in [0.3, 0.4) is 0 Å². The van der Waals surface area contributed by atoms with Crippen molar-refractivity contribution in [3.05, 3.63) is 30.3 Å². The average Bonchev–Trinajstić information content (AvgIpc) is 2.54. The minimum atomic E-state index is -0.681. The molecule has 0 unspecified atom stereocenters. The SMILES string of the molecule is CN(CC(=O)NCC1(C(N)=O)CCOCC1)c1ccccc1. The Morgan fingerprint density at radius 1 is 1.27 bits per heavy atom. The summed E-state index contributed by atoms with van der Waals surface area (Å²) in [5, 5.41) is 2.84. The third-order valence-corrected chi connectivity index (χ3v) is 4.17. The van der Waals surface area contributed by atoms with Crippen LogP contribution in [-0.2, 0) is 14.3 Å². The van der Waals surface area contributed by atoms with Gasteiger partial charge < -0.3 is 20.7 Å². The molecule has 1 heterocycles. The van der Waals surface area contributed by atoms with E-state index in [0.717, 1.165) is 5.69 Å². The number of para-hydroxylation sites is 1. The second kappa shape index (κ2) is 7.26. The van der Waals surface area contributed by atoms with Gasteiger partial charge in [0.05, 0.1) is 12.0 Å². The van der Waals surface area contributed by atoms with Crippen LogP contribution in [0.2, 0.25) is 0 Å². The highest BCUT2D eigenvalue weighted by Crippen LogP contribution is 2.29. The fourth-order valence-electron chi connectivity index (χ4n) is 2.59. The number of rotatable bonds is 6. The third kappa shape index (κ3) is 3.98. The normalized spacial score (nSPS) is 16.8. The Labute approximate surface area is 130 Å². The molecule has 2 rings (SSSR count). The standard InChI is InChI=1S/C16H23N3O3/c1-19(13-5-3-2-4-6-13)11-14(20)18-12-16(15(17)21)7-9-22-10-8-16/h2-6H,7-12H2,1H3,(H2,17,21)(H,18,20). The molecule has 0 radical (unpaired) electrons. The summed E-state index contributed by atoms with van der Waals surface area (Å²) in [7, 11) is 1.85. The largest absolute Gasteiger partial charge is 0.381 e. The van der Waals surface area contributed by atoms with Crippen molar-refractivity contribution in [2.24, 2.45) is 11.1 Å². The first-order valence-electron chi connectivity index (χ1n) is 7.44. The second-order valence-corrected chi connectivity index (χ2v) is 5.73. The van der Waals surface area contributed by atoms with E-state index in [9.17, 15) is 9.59 Å². The van der Waals surface area contributed by atoms with E-state index in [0.29, 0.717) is 26.1 Å². The van der Waals surface area contributed by atoms with Crippen LogP contribution in [0.15, 0.2) is 30.3 Å². The Hall–Kier alpha value is -2.08. The molecule has 0 saturated carbocycles. The Balaban J connectivity index is 1.87. The molecule has 1 saturated heterocycles. The number of carbonyl (C=O) groups excluding carboxylic acids is 2. The number of hydrogen-bond acceptors (Lipinski definition) is 4. The van der Waals surface area contributed by atoms with E-state index < -0.39 is 5.41 Å². The zero-order valence-electron chi connectivity index (χ0n) is 12.9. The van der Waals surface area contributed by atoms with Gasteiger partial charge in [-0.1, -0.05) is 18.2 Å². The van der Waals surface area contributed by atoms with E-state index in [1.165, 1.54) is 0 Å². The fourth-order valence-corrected chi connectivity index (χ4v) is 2.59. The number of likely N-dealkylation sites (N-methyl/N-ethyl adjacent to an activating group) is 1. The summed E-state index contributed by atoms with van der Waals surface area (Å²) < 4.78 is 5.28. The number of nitrogens with one attached hydrogen (secondary N) is 1. The van der Waals surface area contributed by atoms with Crippen molar-refractivity contribution < 1.29 is 14.3 Å². The molecule has 1 aliphatic rings. The van der Waals surface area contributed by atoms with Gasteiger partial charge in [0.2, 0.25) is 11.8 Å². The van der Waals surface area contributed by atoms with Crippen molar-refractivity contribution in [3.8, 4) is 0 Å². The number of anilines is 1. The van der Waals surface area contributed by atoms with Gasteiger partial charge in [0.15, 0.2) is 0 Å². The van der Waals surface area contributed by atoms with Gasteiger partial charge in [0.25, 0.3) is 0 Å². The lowest BCUT2D eigenvalue weighted by Crippen LogP contribution is -2.50. The molecule has 1 aliphatic heterocycles. The fraction of sp³-hybridized carbons (Fsp3) is 0.500. The number of nitrogens with zero attached hydrogens (tertiary/aromatic N) is 1. The molecule has 1 aromatic carbocycles. The average molecular weight is 305 g/mol. The second-order valence-electron chi connectivity index (χ2n) is 5.73. The number of amides is 2. The summed E-state index contributed by atoms with van der Waals surface area (Å²) in [6, 6.07) is 9.66. The van der Waals surface area contributed by atoms with E-state index >= 15 is 0 Å². The van der Waals surface area contributed by atoms with Gasteiger partial charge >= 0.3 is 0 Å². The maximum atomic E-state index is 12.1. The lowest BCUT2D eigenvalue weighted by atomic mass is 9.79. The minimum absolute atomic E-state index is 0.126. The summed E-state index contributed by atoms with van der Waals surface area (Å²) in [5.74, 6) is -0.494. The Kier molecular flexibility index (Phi) is 5.38. The highest BCUT2D eigenvalue weighted by Gasteiger charge is 2.38. The molecular formula is C16H23N3O3. The monoisotopic (exact) mass is 305 g/mol. The Morgan fingerprint density at radius 2 is 1.91 bits per heavy atom. The highest BCUT2D eigenvalue weighted by atomic mass is 16.5. The topological polar surface area (TPSA) is 84.7 Å². The van der Waals surface area contributed by atoms with Crippen molar-refractivity contribution in [1.82, 2.24) is 5.32 Å². The van der Waals surface area contributed by atoms with E-state index in [2.05, 4.69) is 5.32 Å². The molecular weight excluding hydrogens is 282 g/mol. The summed E-state index contributed by atoms with van der Waals surface area (Å²) in [4.78, 5) is 25.7. The van der Waals surface area contributed by atoms with Crippen molar-refractivity contribution in [2.45, 2.75) is 12.8 Å². The highest BCUT2D eigenvalue weighted by molar-refractivity contribution is 5.84. The predicted octanol–water partition coefficient (Wildman–Crippen LogP) is 0.521. The first kappa shape index (κ1) is 16.3. The van der Waals surface area contributed by atoms with E-state index in [1.807, 2.05) is 42.3 Å². The van der Waals surface area contributed by atoms with Gasteiger partial charge in [-0.3, -0.25) is 9.59 Å². The first-order chi connectivity index (χ1) is 10.5. The molecule has 3 N–H and O–H groups in total. The third-order valence-electron chi connectivity index (χ3n) is 4.17. The van der Waals surface area contributed by atoms with Crippen LogP contribution >= 0.6 is 0 Å². The zero-order valence-corrected chi connectivity index (χ0v) is 12.9. The van der Waals surface area contributed by atoms with Crippen LogP contribution in [-0.4, -0.2) is 45.2 Å². The van der Waals surface area contributed by atoms with Crippen molar-refractivity contribution in [2.75, 3.05) is 38.3 Å². The molecule has 0 aliphatic carbocycles. The lowest BCUT2D eigenvalue weighted by Gasteiger charge is -2.34. The molecule has 0 bridgehead atoms. The number of ether oxygens (including phenoxy) is 1. The quantitative estimate of drug-likeness (QED) is 0.802. The van der Waals surface area contributed by atoms with Crippen LogP contribution in [0.1, 0.15) is 12.8 Å². The summed E-state index contributed by atoms with van der Waals surface area (Å²) >= 11 is 0. The van der Waals surface area contributed by atoms with Crippen LogP contribution in [0.25, 0.3) is 0 Å². The summed E-state index contributed by atoms with van der Waals surface area (Å²) in [6.07, 6.45) is 1.11. The summed E-state index contributed by atoms with van der Waals surface area (Å²) in [5.41, 5.74) is 5.81. The van der Waals surface area contributed by atoms with Crippen molar-refractivity contribution in [1.29, 1.82) is 0 Å². The van der Waals surface area contributed by atoms with Crippen molar-refractivity contribution in [3.63, 3.8) is 0 Å². The number of nitrogens with two attached hydrogens (primary N) is 1. The maximum absolute atomic E-state index is 12.1. The minimum Gasteiger partial charge on any atom is -0.381 e. The predicted molar refractivity (Wildman–Crippen MR) is 84.4 cm³/mol. The molecule has 120 valence electrons. The Morgan fingerprint density at radius 3 is 2.50 bits per heavy atom. The van der Waals surface area contributed by atoms with Gasteiger partial charge in [0.1, 0.15) is 0 Å². The number of primary amides is 1. The summed E-state index contributed by atoms with van der Waals surface area (Å²) in [6.45, 7) is 1.51. The van der Waals surface area contributed by atoms with E-state index in [4.69, 9.17) is 10.5 Å². The zero-order chi connectivity index (χ0) is 16.0. The lowest BCUT2D eigenvalue weighted by molar-refractivity contribution is -0.133. The molecule has 0 spiro atoms. The van der Waals surface area contributed by atoms with Gasteiger partial charge in [0, 0.05) is 32.5 Å². The van der Waals surface area contributed by atoms with Crippen molar-refractivity contribution >= 4 is 17.5 Å². The van der Waals surface area contributed by atoms with E-state index in [-0.39, 0.29) is 24.9 Å². The molecule has 0 aromatic heterocycles. The smallest absolute Gasteiger partial charge is 0.239 e. The number of carbonyl (C=O) groups is 2. The molecule has 1 fully saturated rings. The maximum Gasteiger partial charge on any atom is 0.239 e. The molecule has 2 amide bonds. The molecule has 1 aromatic rings. The molecule has 22 heavy (non-hydrogen) atoms. The first-order valence-corrected chi connectivity index (χ1v) is 7.44. The van der Waals surface area contributed by atoms with Crippen LogP contribution in [0.5, 0.6) is 0 Å². The van der Waals surface area contributed by atoms with Gasteiger partial charge in [-0.05, 0) is 25.0 Å². The molecule has 6 nitrogen and oxygen atoms in total.